The average molecular weight is 682 g/mol. The highest BCUT2D eigenvalue weighted by Gasteiger charge is 2.37. The van der Waals surface area contributed by atoms with Crippen molar-refractivity contribution in [2.45, 2.75) is 83.8 Å². The fraction of sp³-hybridized carbons (Fsp3) is 0.514. The Morgan fingerprint density at radius 1 is 0.878 bits per heavy atom. The van der Waals surface area contributed by atoms with Gasteiger partial charge >= 0.3 is 0 Å². The Bertz CT molecular complexity index is 1280. The third-order valence-electron chi connectivity index (χ3n) is 7.61. The molecular formula is C37H59N7O5. The lowest BCUT2D eigenvalue weighted by molar-refractivity contribution is -0.138. The molecule has 4 amide bonds. The van der Waals surface area contributed by atoms with Gasteiger partial charge in [-0.3, -0.25) is 19.2 Å². The predicted molar refractivity (Wildman–Crippen MR) is 195 cm³/mol. The molecule has 1 heterocycles. The van der Waals surface area contributed by atoms with Crippen molar-refractivity contribution in [2.24, 2.45) is 23.1 Å². The fourth-order valence-corrected chi connectivity index (χ4v) is 4.77. The molecule has 272 valence electrons. The Hall–Kier alpha value is -4.26. The quantitative estimate of drug-likeness (QED) is 0.116. The minimum Gasteiger partial charge on any atom is -0.511 e. The fourth-order valence-electron chi connectivity index (χ4n) is 4.77. The number of nitrogens with zero attached hydrogens (tertiary/aromatic N) is 1. The number of piperidine rings is 1. The molecule has 0 saturated carbocycles. The van der Waals surface area contributed by atoms with E-state index in [1.807, 2.05) is 48.5 Å². The van der Waals surface area contributed by atoms with Crippen LogP contribution >= 0.6 is 0 Å². The van der Waals surface area contributed by atoms with Crippen molar-refractivity contribution in [3.63, 3.8) is 0 Å². The standard InChI is InChI=1S/C26H41N7O5.C7H8.C4H10/c1-18(34)26(29)10-13-33(14-11-26)25(38)20(9-5-6-12-27)31-23(36)17-30-24(37)21(32-22(35)16-28)15-19-7-3-2-4-8-19;1-7-5-3-2-4-6-7;1-4(2)3/h2-4,7-8,20-21,34H,1,5-6,9-17,27-29H2,(H,30,37)(H,31,36)(H,32,35);2-6H,1H3;4H,1-3H3. The van der Waals surface area contributed by atoms with Crippen LogP contribution in [0.2, 0.25) is 0 Å². The molecule has 0 spiro atoms. The van der Waals surface area contributed by atoms with E-state index in [-0.39, 0.29) is 31.2 Å². The van der Waals surface area contributed by atoms with Crippen molar-refractivity contribution in [1.29, 1.82) is 0 Å². The van der Waals surface area contributed by atoms with Crippen LogP contribution < -0.4 is 33.2 Å². The molecule has 49 heavy (non-hydrogen) atoms. The van der Waals surface area contributed by atoms with Crippen LogP contribution in [0.15, 0.2) is 73.0 Å². The van der Waals surface area contributed by atoms with Crippen molar-refractivity contribution >= 4 is 23.6 Å². The second-order valence-corrected chi connectivity index (χ2v) is 13.0. The van der Waals surface area contributed by atoms with Crippen LogP contribution in [0.3, 0.4) is 0 Å². The number of nitrogens with one attached hydrogen (secondary N) is 3. The van der Waals surface area contributed by atoms with Crippen LogP contribution in [0, 0.1) is 12.8 Å². The number of aliphatic hydroxyl groups excluding tert-OH is 1. The molecule has 0 radical (unpaired) electrons. The number of amides is 4. The van der Waals surface area contributed by atoms with Crippen molar-refractivity contribution in [3.05, 3.63) is 84.1 Å². The van der Waals surface area contributed by atoms with E-state index in [0.29, 0.717) is 51.7 Å². The summed E-state index contributed by atoms with van der Waals surface area (Å²) in [5, 5.41) is 17.6. The van der Waals surface area contributed by atoms with E-state index in [1.165, 1.54) is 5.56 Å². The normalized spacial score (nSPS) is 14.5. The number of carbonyl (C=O) groups excluding carboxylic acids is 4. The summed E-state index contributed by atoms with van der Waals surface area (Å²) in [5.41, 5.74) is 18.3. The van der Waals surface area contributed by atoms with E-state index in [0.717, 1.165) is 11.5 Å². The monoisotopic (exact) mass is 681 g/mol. The van der Waals surface area contributed by atoms with Crippen molar-refractivity contribution < 1.29 is 24.3 Å². The highest BCUT2D eigenvalue weighted by atomic mass is 16.3. The van der Waals surface area contributed by atoms with Gasteiger partial charge in [0, 0.05) is 19.5 Å². The first-order chi connectivity index (χ1) is 23.2. The molecule has 1 aliphatic heterocycles. The summed E-state index contributed by atoms with van der Waals surface area (Å²) >= 11 is 0. The average Bonchev–Trinajstić information content (AvgIpc) is 3.07. The van der Waals surface area contributed by atoms with Gasteiger partial charge in [0.2, 0.25) is 23.6 Å². The number of aryl methyl sites for hydroxylation is 1. The van der Waals surface area contributed by atoms with E-state index in [9.17, 15) is 24.3 Å². The third kappa shape index (κ3) is 17.6. The summed E-state index contributed by atoms with van der Waals surface area (Å²) in [7, 11) is 0. The zero-order valence-electron chi connectivity index (χ0n) is 29.8. The molecule has 2 aromatic rings. The summed E-state index contributed by atoms with van der Waals surface area (Å²) < 4.78 is 0. The summed E-state index contributed by atoms with van der Waals surface area (Å²) in [6.45, 7) is 12.6. The third-order valence-corrected chi connectivity index (χ3v) is 7.61. The molecule has 12 nitrogen and oxygen atoms in total. The van der Waals surface area contributed by atoms with E-state index >= 15 is 0 Å². The number of aliphatic hydroxyl groups is 1. The molecule has 2 unspecified atom stereocenters. The Kier molecular flexibility index (Phi) is 20.2. The van der Waals surface area contributed by atoms with Crippen LogP contribution in [0.4, 0.5) is 0 Å². The molecule has 3 rings (SSSR count). The smallest absolute Gasteiger partial charge is 0.245 e. The van der Waals surface area contributed by atoms with Crippen molar-refractivity contribution in [3.8, 4) is 0 Å². The second-order valence-electron chi connectivity index (χ2n) is 13.0. The molecular weight excluding hydrogens is 622 g/mol. The van der Waals surface area contributed by atoms with Gasteiger partial charge in [0.25, 0.3) is 0 Å². The van der Waals surface area contributed by atoms with Crippen LogP contribution in [0.25, 0.3) is 0 Å². The van der Waals surface area contributed by atoms with Crippen molar-refractivity contribution in [2.75, 3.05) is 32.7 Å². The number of unbranched alkanes of at least 4 members (excludes halogenated alkanes) is 1. The highest BCUT2D eigenvalue weighted by molar-refractivity contribution is 5.93. The predicted octanol–water partition coefficient (Wildman–Crippen LogP) is 2.45. The van der Waals surface area contributed by atoms with Gasteiger partial charge in [0.05, 0.1) is 18.6 Å². The Balaban J connectivity index is 0.000000926. The molecule has 0 bridgehead atoms. The first-order valence-electron chi connectivity index (χ1n) is 17.0. The van der Waals surface area contributed by atoms with Gasteiger partial charge in [-0.15, -0.1) is 0 Å². The Labute approximate surface area is 292 Å². The van der Waals surface area contributed by atoms with E-state index in [2.05, 4.69) is 62.4 Å². The first kappa shape index (κ1) is 42.8. The lowest BCUT2D eigenvalue weighted by Crippen LogP contribution is -2.57. The minimum absolute atomic E-state index is 0.110. The molecule has 1 aliphatic rings. The van der Waals surface area contributed by atoms with Gasteiger partial charge < -0.3 is 43.2 Å². The zero-order valence-corrected chi connectivity index (χ0v) is 29.8. The Morgan fingerprint density at radius 2 is 1.41 bits per heavy atom. The zero-order chi connectivity index (χ0) is 36.8. The van der Waals surface area contributed by atoms with E-state index in [1.54, 1.807) is 4.90 Å². The van der Waals surface area contributed by atoms with Crippen LogP contribution in [0.5, 0.6) is 0 Å². The molecule has 2 atom stereocenters. The number of likely N-dealkylation sites (tertiary alicyclic amines) is 1. The number of carbonyl (C=O) groups is 4. The van der Waals surface area contributed by atoms with Crippen LogP contribution in [-0.2, 0) is 25.6 Å². The van der Waals surface area contributed by atoms with Gasteiger partial charge in [-0.25, -0.2) is 0 Å². The maximum absolute atomic E-state index is 13.2. The lowest BCUT2D eigenvalue weighted by atomic mass is 9.87. The molecule has 10 N–H and O–H groups in total. The number of rotatable bonds is 14. The number of hydrogen-bond donors (Lipinski definition) is 7. The second kappa shape index (κ2) is 23.2. The number of benzene rings is 2. The summed E-state index contributed by atoms with van der Waals surface area (Å²) in [6, 6.07) is 17.7. The molecule has 1 fully saturated rings. The summed E-state index contributed by atoms with van der Waals surface area (Å²) in [4.78, 5) is 52.2. The van der Waals surface area contributed by atoms with Gasteiger partial charge in [-0.1, -0.05) is 93.6 Å². The highest BCUT2D eigenvalue weighted by Crippen LogP contribution is 2.25. The summed E-state index contributed by atoms with van der Waals surface area (Å²) in [6.07, 6.45) is 2.63. The number of hydrogen-bond acceptors (Lipinski definition) is 8. The van der Waals surface area contributed by atoms with Gasteiger partial charge in [0.15, 0.2) is 0 Å². The number of nitrogens with two attached hydrogens (primary N) is 3. The largest absolute Gasteiger partial charge is 0.511 e. The lowest BCUT2D eigenvalue weighted by Gasteiger charge is -2.39. The maximum Gasteiger partial charge on any atom is 0.245 e. The van der Waals surface area contributed by atoms with Gasteiger partial charge in [-0.2, -0.15) is 0 Å². The van der Waals surface area contributed by atoms with Gasteiger partial charge in [0.1, 0.15) is 17.8 Å². The van der Waals surface area contributed by atoms with E-state index < -0.39 is 35.3 Å². The molecule has 12 heteroatoms. The Morgan fingerprint density at radius 3 is 1.88 bits per heavy atom. The molecule has 0 aromatic heterocycles. The minimum atomic E-state index is -0.936. The maximum atomic E-state index is 13.2. The van der Waals surface area contributed by atoms with E-state index in [4.69, 9.17) is 17.2 Å². The summed E-state index contributed by atoms with van der Waals surface area (Å²) in [5.74, 6) is -1.12. The van der Waals surface area contributed by atoms with Crippen LogP contribution in [0.1, 0.15) is 64.0 Å². The molecule has 2 aromatic carbocycles. The molecule has 0 aliphatic carbocycles. The van der Waals surface area contributed by atoms with Gasteiger partial charge in [-0.05, 0) is 57.1 Å². The molecule has 1 saturated heterocycles. The van der Waals surface area contributed by atoms with Crippen molar-refractivity contribution in [1.82, 2.24) is 20.9 Å². The topological polar surface area (TPSA) is 206 Å². The SMILES string of the molecule is C=C(O)C1(N)CCN(C(=O)C(CCCCN)NC(=O)CNC(=O)C(Cc2ccccc2)NC(=O)CN)CC1.CC(C)C.Cc1ccccc1. The van der Waals surface area contributed by atoms with Crippen LogP contribution in [-0.4, -0.2) is 84.0 Å². The first-order valence-corrected chi connectivity index (χ1v) is 17.0.